The predicted molar refractivity (Wildman–Crippen MR) is 83.7 cm³/mol. The number of aromatic nitrogens is 7. The van der Waals surface area contributed by atoms with Crippen LogP contribution < -0.4 is 13.7 Å². The molecule has 0 radical (unpaired) electrons. The van der Waals surface area contributed by atoms with E-state index in [0.29, 0.717) is 0 Å². The number of hydrogen-bond donors (Lipinski definition) is 1. The van der Waals surface area contributed by atoms with E-state index in [4.69, 9.17) is 0 Å². The third kappa shape index (κ3) is 2.54. The Labute approximate surface area is 139 Å². The van der Waals surface area contributed by atoms with E-state index < -0.39 is 0 Å². The molecule has 0 aromatic carbocycles. The number of nitrogens with zero attached hydrogens (tertiary/aromatic N) is 6. The van der Waals surface area contributed by atoms with Gasteiger partial charge in [-0.3, -0.25) is 0 Å². The third-order valence-electron chi connectivity index (χ3n) is 4.40. The van der Waals surface area contributed by atoms with Gasteiger partial charge < -0.3 is 4.98 Å². The van der Waals surface area contributed by atoms with Gasteiger partial charge in [-0.2, -0.15) is 18.3 Å². The predicted octanol–water partition coefficient (Wildman–Crippen LogP) is -0.297. The molecule has 7 nitrogen and oxygen atoms in total. The van der Waals surface area contributed by atoms with E-state index in [-0.39, 0.29) is 0 Å². The Morgan fingerprint density at radius 1 is 0.708 bits per heavy atom. The molecule has 7 heteroatoms. The van der Waals surface area contributed by atoms with E-state index in [9.17, 15) is 0 Å². The fraction of sp³-hybridized carbons (Fsp3) is 0.235. The average molecular weight is 322 g/mol. The highest BCUT2D eigenvalue weighted by atomic mass is 15.3. The molecule has 4 aromatic rings. The summed E-state index contributed by atoms with van der Waals surface area (Å²) in [6, 6.07) is 4.34. The van der Waals surface area contributed by atoms with Crippen LogP contribution >= 0.6 is 0 Å². The van der Waals surface area contributed by atoms with Crippen LogP contribution in [0.25, 0.3) is 0 Å². The Kier molecular flexibility index (Phi) is 2.91. The van der Waals surface area contributed by atoms with Crippen LogP contribution in [0.3, 0.4) is 0 Å². The Bertz CT molecular complexity index is 757. The molecule has 1 N–H and O–H groups in total. The molecule has 1 aliphatic heterocycles. The lowest BCUT2D eigenvalue weighted by Gasteiger charge is -1.97. The van der Waals surface area contributed by atoms with Crippen LogP contribution in [-0.4, -0.2) is 18.7 Å². The van der Waals surface area contributed by atoms with Crippen molar-refractivity contribution >= 4 is 0 Å². The number of aromatic amines is 1. The zero-order chi connectivity index (χ0) is 15.9. The van der Waals surface area contributed by atoms with Gasteiger partial charge in [-0.05, 0) is 12.1 Å². The second-order valence-corrected chi connectivity index (χ2v) is 6.43. The fourth-order valence-corrected chi connectivity index (χ4v) is 3.28. The van der Waals surface area contributed by atoms with Gasteiger partial charge >= 0.3 is 0 Å². The summed E-state index contributed by atoms with van der Waals surface area (Å²) >= 11 is 0. The number of rotatable bonds is 0. The highest BCUT2D eigenvalue weighted by Crippen LogP contribution is 2.06. The summed E-state index contributed by atoms with van der Waals surface area (Å²) < 4.78 is 13.1. The summed E-state index contributed by atoms with van der Waals surface area (Å²) in [7, 11) is 0. The van der Waals surface area contributed by atoms with E-state index in [2.05, 4.69) is 101 Å². The van der Waals surface area contributed by atoms with Crippen molar-refractivity contribution in [3.63, 3.8) is 0 Å². The van der Waals surface area contributed by atoms with Crippen molar-refractivity contribution in [2.24, 2.45) is 0 Å². The third-order valence-corrected chi connectivity index (χ3v) is 4.40. The Morgan fingerprint density at radius 2 is 1.25 bits per heavy atom. The smallest absolute Gasteiger partial charge is 0.250 e. The number of imidazole rings is 3. The van der Waals surface area contributed by atoms with Crippen molar-refractivity contribution in [3.8, 4) is 0 Å². The zero-order valence-electron chi connectivity index (χ0n) is 13.4. The molecule has 1 aliphatic rings. The van der Waals surface area contributed by atoms with E-state index >= 15 is 0 Å². The molecule has 0 unspecified atom stereocenters. The first-order valence-electron chi connectivity index (χ1n) is 8.11. The van der Waals surface area contributed by atoms with Gasteiger partial charge in [0.2, 0.25) is 32.3 Å². The van der Waals surface area contributed by atoms with Crippen molar-refractivity contribution in [3.05, 3.63) is 79.7 Å². The largest absolute Gasteiger partial charge is 0.356 e. The lowest BCUT2D eigenvalue weighted by Crippen LogP contribution is -2.49. The van der Waals surface area contributed by atoms with Crippen LogP contribution in [0.1, 0.15) is 11.4 Å². The van der Waals surface area contributed by atoms with Gasteiger partial charge in [0.15, 0.2) is 0 Å². The fourth-order valence-electron chi connectivity index (χ4n) is 3.28. The van der Waals surface area contributed by atoms with E-state index in [1.165, 1.54) is 11.4 Å². The van der Waals surface area contributed by atoms with Gasteiger partial charge in [0.05, 0.1) is 11.4 Å². The Balaban J connectivity index is 1.54. The minimum atomic E-state index is 0.807. The molecule has 8 bridgehead atoms. The first-order valence-corrected chi connectivity index (χ1v) is 8.11. The van der Waals surface area contributed by atoms with Gasteiger partial charge in [-0.1, -0.05) is 0 Å². The molecule has 0 aliphatic carbocycles. The standard InChI is InChI=1S/C17H20N7/c1-2-17-10-20-4-6-22(12-20)14-24-8-7-23(15-24)13-21-5-3-19(11-21)9-16(1)18-17/h1-8,11-12,15,18H,9-10,13-14H2/q+3. The second-order valence-electron chi connectivity index (χ2n) is 6.43. The molecule has 0 saturated heterocycles. The van der Waals surface area contributed by atoms with Gasteiger partial charge in [0.1, 0.15) is 50.3 Å². The highest BCUT2D eigenvalue weighted by Gasteiger charge is 2.14. The summed E-state index contributed by atoms with van der Waals surface area (Å²) in [5, 5.41) is 0. The van der Waals surface area contributed by atoms with Crippen molar-refractivity contribution < 1.29 is 13.7 Å². The molecule has 0 atom stereocenters. The Morgan fingerprint density at radius 3 is 1.96 bits per heavy atom. The van der Waals surface area contributed by atoms with Gasteiger partial charge in [0.25, 0.3) is 0 Å². The van der Waals surface area contributed by atoms with E-state index in [1.54, 1.807) is 0 Å². The van der Waals surface area contributed by atoms with Crippen LogP contribution in [0.5, 0.6) is 0 Å². The van der Waals surface area contributed by atoms with Gasteiger partial charge in [-0.25, -0.2) is 9.13 Å². The SMILES string of the molecule is c1cc2[nH]c1Cn1cc[n+](c1)Cn1cc[n+](c1)C[n+]1ccn(c1)C2. The van der Waals surface area contributed by atoms with Crippen LogP contribution in [0.15, 0.2) is 68.3 Å². The molecule has 120 valence electrons. The molecule has 0 saturated carbocycles. The molecule has 24 heavy (non-hydrogen) atoms. The summed E-state index contributed by atoms with van der Waals surface area (Å²) in [4.78, 5) is 3.52. The Hall–Kier alpha value is -3.09. The van der Waals surface area contributed by atoms with Crippen LogP contribution in [-0.2, 0) is 26.4 Å². The maximum Gasteiger partial charge on any atom is 0.250 e. The van der Waals surface area contributed by atoms with Crippen LogP contribution in [0, 0.1) is 0 Å². The molecular formula is C17H20N7+3. The summed E-state index contributed by atoms with van der Waals surface area (Å²) in [5.74, 6) is 0. The number of hydrogen-bond acceptors (Lipinski definition) is 0. The minimum Gasteiger partial charge on any atom is -0.356 e. The topological polar surface area (TPSA) is 42.2 Å². The lowest BCUT2D eigenvalue weighted by molar-refractivity contribution is -0.913. The molecule has 5 rings (SSSR count). The van der Waals surface area contributed by atoms with Gasteiger partial charge in [0, 0.05) is 0 Å². The summed E-state index contributed by atoms with van der Waals surface area (Å²) in [5.41, 5.74) is 2.44. The number of fused-ring (bicyclic) bond motifs is 8. The molecule has 0 fully saturated rings. The zero-order valence-corrected chi connectivity index (χ0v) is 13.4. The maximum atomic E-state index is 3.52. The molecule has 0 amide bonds. The van der Waals surface area contributed by atoms with Crippen molar-refractivity contribution in [2.45, 2.75) is 26.4 Å². The minimum absolute atomic E-state index is 0.807. The highest BCUT2D eigenvalue weighted by molar-refractivity contribution is 5.13. The second kappa shape index (κ2) is 5.23. The molecule has 5 heterocycles. The van der Waals surface area contributed by atoms with E-state index in [1.807, 2.05) is 0 Å². The van der Waals surface area contributed by atoms with Gasteiger partial charge in [-0.15, -0.1) is 0 Å². The summed E-state index contributed by atoms with van der Waals surface area (Å²) in [6.45, 7) is 3.32. The normalized spacial score (nSPS) is 14.0. The maximum absolute atomic E-state index is 3.52. The monoisotopic (exact) mass is 322 g/mol. The number of nitrogens with one attached hydrogen (secondary N) is 1. The number of H-pyrrole nitrogens is 1. The van der Waals surface area contributed by atoms with Crippen molar-refractivity contribution in [2.75, 3.05) is 0 Å². The van der Waals surface area contributed by atoms with Crippen molar-refractivity contribution in [1.82, 2.24) is 18.7 Å². The first-order chi connectivity index (χ1) is 11.8. The lowest BCUT2D eigenvalue weighted by atomic mass is 10.4. The first kappa shape index (κ1) is 13.4. The van der Waals surface area contributed by atoms with Crippen LogP contribution in [0.2, 0.25) is 0 Å². The molecule has 0 spiro atoms. The van der Waals surface area contributed by atoms with Crippen molar-refractivity contribution in [1.29, 1.82) is 0 Å². The quantitative estimate of drug-likeness (QED) is 0.381. The molecular weight excluding hydrogens is 302 g/mol. The average Bonchev–Trinajstić information content (AvgIpc) is 3.32. The van der Waals surface area contributed by atoms with Crippen LogP contribution in [0.4, 0.5) is 0 Å². The van der Waals surface area contributed by atoms with E-state index in [0.717, 1.165) is 26.4 Å². The molecule has 4 aromatic heterocycles. The summed E-state index contributed by atoms with van der Waals surface area (Å²) in [6.07, 6.45) is 19.1.